The summed E-state index contributed by atoms with van der Waals surface area (Å²) in [4.78, 5) is 1.49. The Morgan fingerprint density at radius 3 is 1.97 bits per heavy atom. The molecule has 0 bridgehead atoms. The molecule has 0 unspecified atom stereocenters. The van der Waals surface area contributed by atoms with Crippen LogP contribution >= 0.6 is 0 Å². The van der Waals surface area contributed by atoms with E-state index in [1.54, 1.807) is 0 Å². The Labute approximate surface area is 183 Å². The maximum atomic E-state index is 2.41. The molecule has 1 heteroatoms. The van der Waals surface area contributed by atoms with E-state index in [4.69, 9.17) is 0 Å². The molecule has 0 nitrogen and oxygen atoms in total. The topological polar surface area (TPSA) is 0 Å². The van der Waals surface area contributed by atoms with E-state index in [1.165, 1.54) is 47.5 Å². The van der Waals surface area contributed by atoms with Gasteiger partial charge < -0.3 is 0 Å². The zero-order valence-corrected chi connectivity index (χ0v) is 18.3. The van der Waals surface area contributed by atoms with Crippen molar-refractivity contribution in [3.8, 4) is 0 Å². The molecule has 6 rings (SSSR count). The number of fused-ring (bicyclic) bond motifs is 2. The van der Waals surface area contributed by atoms with E-state index in [0.717, 1.165) is 6.42 Å². The quantitative estimate of drug-likeness (QED) is 0.381. The standard InChI is InChI=1S/C30H22Si/c1-3-14-24(15-4-1)31(25-16-5-2-6-17-25)29-20-19-27-26-18-10-9-13-23(26)21-28(27)30(29)22-11-7-8-12-22/h1-11,13-21H,12H2. The second kappa shape index (κ2) is 7.61. The summed E-state index contributed by atoms with van der Waals surface area (Å²) in [5, 5.41) is 6.91. The Bertz CT molecular complexity index is 1530. The van der Waals surface area contributed by atoms with E-state index in [1.807, 2.05) is 0 Å². The van der Waals surface area contributed by atoms with Crippen molar-refractivity contribution in [1.82, 2.24) is 0 Å². The monoisotopic (exact) mass is 410 g/mol. The molecule has 0 spiro atoms. The largest absolute Gasteiger partial charge is 0.0884 e. The van der Waals surface area contributed by atoms with Gasteiger partial charge in [-0.2, -0.15) is 0 Å². The van der Waals surface area contributed by atoms with E-state index in [2.05, 4.69) is 121 Å². The minimum absolute atomic E-state index is 1.01. The number of hydrogen-bond donors (Lipinski definition) is 0. The first-order valence-electron chi connectivity index (χ1n) is 10.9. The van der Waals surface area contributed by atoms with Gasteiger partial charge in [-0.15, -0.1) is 0 Å². The van der Waals surface area contributed by atoms with Crippen LogP contribution in [0.15, 0.2) is 115 Å². The fourth-order valence-electron chi connectivity index (χ4n) is 4.90. The van der Waals surface area contributed by atoms with Gasteiger partial charge in [0, 0.05) is 0 Å². The summed E-state index contributed by atoms with van der Waals surface area (Å²) in [5.41, 5.74) is 4.27. The van der Waals surface area contributed by atoms with Crippen molar-refractivity contribution in [1.29, 1.82) is 0 Å². The van der Waals surface area contributed by atoms with Gasteiger partial charge in [-0.3, -0.25) is 0 Å². The molecule has 0 amide bonds. The third kappa shape index (κ3) is 3.10. The van der Waals surface area contributed by atoms with Crippen molar-refractivity contribution in [2.45, 2.75) is 6.42 Å². The molecule has 2 aliphatic carbocycles. The van der Waals surface area contributed by atoms with Crippen LogP contribution in [0.4, 0.5) is 0 Å². The summed E-state index contributed by atoms with van der Waals surface area (Å²) < 4.78 is 0. The number of hydrogen-bond acceptors (Lipinski definition) is 0. The maximum absolute atomic E-state index is 2.41. The highest BCUT2D eigenvalue weighted by Gasteiger charge is 2.17. The lowest BCUT2D eigenvalue weighted by atomic mass is 9.98. The van der Waals surface area contributed by atoms with Gasteiger partial charge in [-0.25, -0.2) is 0 Å². The van der Waals surface area contributed by atoms with Crippen LogP contribution in [0.2, 0.25) is 0 Å². The first kappa shape index (κ1) is 18.2. The van der Waals surface area contributed by atoms with Crippen molar-refractivity contribution in [2.24, 2.45) is 0 Å². The maximum Gasteiger partial charge on any atom is 0.0884 e. The summed E-state index contributed by atoms with van der Waals surface area (Å²) in [6, 6.07) is 35.7. The molecule has 0 radical (unpaired) electrons. The second-order valence-corrected chi connectivity index (χ2v) is 10.6. The zero-order chi connectivity index (χ0) is 20.6. The normalized spacial score (nSPS) is 13.4. The van der Waals surface area contributed by atoms with Crippen molar-refractivity contribution in [3.63, 3.8) is 0 Å². The molecular weight excluding hydrogens is 388 g/mol. The van der Waals surface area contributed by atoms with E-state index >= 15 is 0 Å². The lowest BCUT2D eigenvalue weighted by Crippen LogP contribution is -2.35. The van der Waals surface area contributed by atoms with E-state index in [0.29, 0.717) is 0 Å². The predicted octanol–water partition coefficient (Wildman–Crippen LogP) is 4.60. The van der Waals surface area contributed by atoms with Crippen molar-refractivity contribution >= 4 is 30.4 Å². The predicted molar refractivity (Wildman–Crippen MR) is 132 cm³/mol. The Balaban J connectivity index is 1.81. The van der Waals surface area contributed by atoms with Gasteiger partial charge in [0.25, 0.3) is 0 Å². The van der Waals surface area contributed by atoms with E-state index < -0.39 is 8.41 Å². The molecule has 146 valence electrons. The molecule has 0 fully saturated rings. The van der Waals surface area contributed by atoms with Crippen LogP contribution in [0.25, 0.3) is 11.6 Å². The average molecular weight is 411 g/mol. The highest BCUT2D eigenvalue weighted by atomic mass is 28.2. The summed E-state index contributed by atoms with van der Waals surface area (Å²) in [7, 11) is -1.14. The highest BCUT2D eigenvalue weighted by Crippen LogP contribution is 2.30. The van der Waals surface area contributed by atoms with Gasteiger partial charge in [0.2, 0.25) is 0 Å². The Morgan fingerprint density at radius 1 is 0.613 bits per heavy atom. The van der Waals surface area contributed by atoms with Crippen LogP contribution in [0, 0.1) is 15.3 Å². The smallest absolute Gasteiger partial charge is 0.0801 e. The summed E-state index contributed by atoms with van der Waals surface area (Å²) >= 11 is 0. The fraction of sp³-hybridized carbons (Fsp3) is 0.0333. The highest BCUT2D eigenvalue weighted by molar-refractivity contribution is 6.78. The Hall–Kier alpha value is -3.55. The van der Waals surface area contributed by atoms with Crippen LogP contribution in [0.5, 0.6) is 0 Å². The molecule has 0 saturated heterocycles. The minimum atomic E-state index is -1.14. The molecule has 4 aromatic carbocycles. The third-order valence-electron chi connectivity index (χ3n) is 6.28. The molecule has 31 heavy (non-hydrogen) atoms. The second-order valence-electron chi connectivity index (χ2n) is 8.11. The Kier molecular flexibility index (Phi) is 4.47. The zero-order valence-electron chi connectivity index (χ0n) is 17.3. The van der Waals surface area contributed by atoms with Crippen LogP contribution in [-0.4, -0.2) is 8.41 Å². The summed E-state index contributed by atoms with van der Waals surface area (Å²) in [6.45, 7) is 0. The van der Waals surface area contributed by atoms with Gasteiger partial charge in [0.15, 0.2) is 0 Å². The molecule has 0 heterocycles. The van der Waals surface area contributed by atoms with Crippen molar-refractivity contribution in [3.05, 3.63) is 147 Å². The molecule has 0 aromatic heterocycles. The van der Waals surface area contributed by atoms with Gasteiger partial charge in [0.1, 0.15) is 0 Å². The molecular formula is C30H22Si. The van der Waals surface area contributed by atoms with Gasteiger partial charge >= 0.3 is 0 Å². The third-order valence-corrected chi connectivity index (χ3v) is 9.06. The van der Waals surface area contributed by atoms with Crippen molar-refractivity contribution in [2.75, 3.05) is 0 Å². The minimum Gasteiger partial charge on any atom is -0.0801 e. The van der Waals surface area contributed by atoms with Gasteiger partial charge in [0.05, 0.1) is 8.41 Å². The summed E-state index contributed by atoms with van der Waals surface area (Å²) in [5.74, 6) is 0. The molecule has 0 aliphatic heterocycles. The van der Waals surface area contributed by atoms with Gasteiger partial charge in [-0.05, 0) is 60.0 Å². The Morgan fingerprint density at radius 2 is 1.29 bits per heavy atom. The molecule has 0 atom stereocenters. The van der Waals surface area contributed by atoms with E-state index in [-0.39, 0.29) is 0 Å². The first-order chi connectivity index (χ1) is 15.4. The lowest BCUT2D eigenvalue weighted by molar-refractivity contribution is 1.38. The molecule has 2 aliphatic rings. The number of benzene rings is 4. The summed E-state index contributed by atoms with van der Waals surface area (Å²) in [6.07, 6.45) is 10.2. The average Bonchev–Trinajstić information content (AvgIpc) is 3.49. The molecule has 0 saturated carbocycles. The number of rotatable bonds is 3. The van der Waals surface area contributed by atoms with Crippen molar-refractivity contribution < 1.29 is 0 Å². The number of allylic oxidation sites excluding steroid dienone is 4. The van der Waals surface area contributed by atoms with Crippen LogP contribution in [-0.2, 0) is 0 Å². The van der Waals surface area contributed by atoms with Crippen LogP contribution in [0.1, 0.15) is 17.5 Å². The SMILES string of the molecule is C1=CCC(c2c3c(ccc2=[Si](c2ccccc2)c2ccccc2)=c2ccccc2=C3)=C1. The first-order valence-corrected chi connectivity index (χ1v) is 12.4. The molecule has 0 N–H and O–H groups in total. The van der Waals surface area contributed by atoms with Gasteiger partial charge in [-0.1, -0.05) is 115 Å². The lowest BCUT2D eigenvalue weighted by Gasteiger charge is -2.14. The van der Waals surface area contributed by atoms with Crippen LogP contribution < -0.4 is 15.6 Å². The fourth-order valence-corrected chi connectivity index (χ4v) is 7.70. The van der Waals surface area contributed by atoms with Crippen LogP contribution in [0.3, 0.4) is 0 Å². The molecule has 4 aromatic rings. The van der Waals surface area contributed by atoms with E-state index in [9.17, 15) is 0 Å².